The summed E-state index contributed by atoms with van der Waals surface area (Å²) in [5.41, 5.74) is 2.62. The Morgan fingerprint density at radius 2 is 2.00 bits per heavy atom. The van der Waals surface area contributed by atoms with Crippen molar-refractivity contribution in [3.05, 3.63) is 29.6 Å². The van der Waals surface area contributed by atoms with E-state index in [9.17, 15) is 0 Å². The maximum atomic E-state index is 4.47. The van der Waals surface area contributed by atoms with Gasteiger partial charge in [0.2, 0.25) is 0 Å². The van der Waals surface area contributed by atoms with E-state index < -0.39 is 0 Å². The van der Waals surface area contributed by atoms with Crippen LogP contribution < -0.4 is 0 Å². The van der Waals surface area contributed by atoms with Crippen LogP contribution in [0.2, 0.25) is 0 Å². The Morgan fingerprint density at radius 1 is 1.20 bits per heavy atom. The van der Waals surface area contributed by atoms with Crippen LogP contribution in [0.1, 0.15) is 63.6 Å². The lowest BCUT2D eigenvalue weighted by Gasteiger charge is -2.14. The molecule has 1 heteroatoms. The Labute approximate surface area is 93.9 Å². The van der Waals surface area contributed by atoms with Gasteiger partial charge in [-0.05, 0) is 36.8 Å². The number of aromatic nitrogens is 1. The topological polar surface area (TPSA) is 12.9 Å². The summed E-state index contributed by atoms with van der Waals surface area (Å²) in [6.45, 7) is 6.68. The first-order chi connectivity index (χ1) is 7.31. The molecule has 0 radical (unpaired) electrons. The molecule has 1 nitrogen and oxygen atoms in total. The predicted octanol–water partition coefficient (Wildman–Crippen LogP) is 4.33. The molecule has 1 rings (SSSR count). The molecule has 15 heavy (non-hydrogen) atoms. The Bertz CT molecular complexity index is 263. The SMILES string of the molecule is CCCCC(CC)c1ccc(CC)nc1. The molecule has 1 atom stereocenters. The molecular weight excluding hydrogens is 182 g/mol. The number of hydrogen-bond acceptors (Lipinski definition) is 1. The van der Waals surface area contributed by atoms with Crippen LogP contribution in [0, 0.1) is 0 Å². The van der Waals surface area contributed by atoms with Gasteiger partial charge in [-0.15, -0.1) is 0 Å². The zero-order valence-corrected chi connectivity index (χ0v) is 10.3. The number of pyridine rings is 1. The second-order valence-electron chi connectivity index (χ2n) is 4.18. The van der Waals surface area contributed by atoms with Gasteiger partial charge < -0.3 is 0 Å². The molecule has 84 valence electrons. The van der Waals surface area contributed by atoms with Gasteiger partial charge in [-0.2, -0.15) is 0 Å². The van der Waals surface area contributed by atoms with Crippen molar-refractivity contribution in [2.75, 3.05) is 0 Å². The quantitative estimate of drug-likeness (QED) is 0.673. The molecule has 0 aliphatic carbocycles. The molecular formula is C14H23N. The molecule has 1 aromatic heterocycles. The lowest BCUT2D eigenvalue weighted by Crippen LogP contribution is -1.99. The summed E-state index contributed by atoms with van der Waals surface area (Å²) >= 11 is 0. The van der Waals surface area contributed by atoms with E-state index in [0.29, 0.717) is 5.92 Å². The largest absolute Gasteiger partial charge is 0.261 e. The standard InChI is InChI=1S/C14H23N/c1-4-7-8-12(5-2)13-9-10-14(6-3)15-11-13/h9-12H,4-8H2,1-3H3. The van der Waals surface area contributed by atoms with Crippen molar-refractivity contribution in [2.24, 2.45) is 0 Å². The van der Waals surface area contributed by atoms with E-state index >= 15 is 0 Å². The molecule has 0 bridgehead atoms. The minimum Gasteiger partial charge on any atom is -0.261 e. The molecule has 0 spiro atoms. The minimum absolute atomic E-state index is 0.711. The van der Waals surface area contributed by atoms with Gasteiger partial charge in [0, 0.05) is 11.9 Å². The van der Waals surface area contributed by atoms with Crippen LogP contribution in [0.15, 0.2) is 18.3 Å². The van der Waals surface area contributed by atoms with Crippen LogP contribution in [-0.2, 0) is 6.42 Å². The van der Waals surface area contributed by atoms with Crippen molar-refractivity contribution >= 4 is 0 Å². The molecule has 0 saturated carbocycles. The van der Waals surface area contributed by atoms with Crippen LogP contribution in [0.25, 0.3) is 0 Å². The second kappa shape index (κ2) is 6.60. The molecule has 1 unspecified atom stereocenters. The van der Waals surface area contributed by atoms with Gasteiger partial charge in [0.1, 0.15) is 0 Å². The summed E-state index contributed by atoms with van der Waals surface area (Å²) in [6, 6.07) is 4.43. The summed E-state index contributed by atoms with van der Waals surface area (Å²) < 4.78 is 0. The first kappa shape index (κ1) is 12.2. The van der Waals surface area contributed by atoms with Gasteiger partial charge in [0.05, 0.1) is 0 Å². The van der Waals surface area contributed by atoms with E-state index in [1.165, 1.54) is 36.9 Å². The first-order valence-corrected chi connectivity index (χ1v) is 6.26. The summed E-state index contributed by atoms with van der Waals surface area (Å²) in [4.78, 5) is 4.47. The van der Waals surface area contributed by atoms with Crippen LogP contribution in [0.4, 0.5) is 0 Å². The second-order valence-corrected chi connectivity index (χ2v) is 4.18. The molecule has 0 aliphatic rings. The summed E-state index contributed by atoms with van der Waals surface area (Å²) in [5.74, 6) is 0.711. The normalized spacial score (nSPS) is 12.7. The van der Waals surface area contributed by atoms with Gasteiger partial charge in [-0.1, -0.05) is 39.7 Å². The lowest BCUT2D eigenvalue weighted by molar-refractivity contribution is 0.568. The fourth-order valence-corrected chi connectivity index (χ4v) is 1.94. The molecule has 0 aliphatic heterocycles. The number of aryl methyl sites for hydroxylation is 1. The zero-order valence-electron chi connectivity index (χ0n) is 10.3. The van der Waals surface area contributed by atoms with Crippen molar-refractivity contribution in [1.82, 2.24) is 4.98 Å². The van der Waals surface area contributed by atoms with Crippen molar-refractivity contribution in [2.45, 2.75) is 58.8 Å². The Balaban J connectivity index is 2.65. The molecule has 0 saturated heterocycles. The number of unbranched alkanes of at least 4 members (excludes halogenated alkanes) is 1. The van der Waals surface area contributed by atoms with Crippen molar-refractivity contribution in [3.8, 4) is 0 Å². The van der Waals surface area contributed by atoms with Gasteiger partial charge in [0.25, 0.3) is 0 Å². The molecule has 0 aromatic carbocycles. The van der Waals surface area contributed by atoms with E-state index in [1.807, 2.05) is 0 Å². The van der Waals surface area contributed by atoms with Gasteiger partial charge >= 0.3 is 0 Å². The molecule has 0 amide bonds. The number of hydrogen-bond donors (Lipinski definition) is 0. The van der Waals surface area contributed by atoms with Gasteiger partial charge in [0.15, 0.2) is 0 Å². The highest BCUT2D eigenvalue weighted by atomic mass is 14.7. The summed E-state index contributed by atoms with van der Waals surface area (Å²) in [7, 11) is 0. The molecule has 1 aromatic rings. The maximum absolute atomic E-state index is 4.47. The van der Waals surface area contributed by atoms with E-state index in [0.717, 1.165) is 6.42 Å². The Hall–Kier alpha value is -0.850. The van der Waals surface area contributed by atoms with Gasteiger partial charge in [-0.25, -0.2) is 0 Å². The van der Waals surface area contributed by atoms with E-state index in [1.54, 1.807) is 0 Å². The monoisotopic (exact) mass is 205 g/mol. The average molecular weight is 205 g/mol. The van der Waals surface area contributed by atoms with Gasteiger partial charge in [-0.3, -0.25) is 4.98 Å². The number of nitrogens with zero attached hydrogens (tertiary/aromatic N) is 1. The molecule has 1 heterocycles. The lowest BCUT2D eigenvalue weighted by atomic mass is 9.92. The Morgan fingerprint density at radius 3 is 2.47 bits per heavy atom. The van der Waals surface area contributed by atoms with Crippen LogP contribution in [0.5, 0.6) is 0 Å². The highest BCUT2D eigenvalue weighted by Gasteiger charge is 2.08. The van der Waals surface area contributed by atoms with E-state index in [-0.39, 0.29) is 0 Å². The number of rotatable bonds is 6. The highest BCUT2D eigenvalue weighted by molar-refractivity contribution is 5.18. The van der Waals surface area contributed by atoms with Crippen molar-refractivity contribution < 1.29 is 0 Å². The van der Waals surface area contributed by atoms with Crippen LogP contribution in [-0.4, -0.2) is 4.98 Å². The Kier molecular flexibility index (Phi) is 5.38. The molecule has 0 fully saturated rings. The van der Waals surface area contributed by atoms with E-state index in [4.69, 9.17) is 0 Å². The average Bonchev–Trinajstić information content (AvgIpc) is 2.31. The van der Waals surface area contributed by atoms with Crippen molar-refractivity contribution in [1.29, 1.82) is 0 Å². The third-order valence-corrected chi connectivity index (χ3v) is 3.08. The molecule has 0 N–H and O–H groups in total. The van der Waals surface area contributed by atoms with E-state index in [2.05, 4.69) is 44.1 Å². The van der Waals surface area contributed by atoms with Crippen molar-refractivity contribution in [3.63, 3.8) is 0 Å². The fraction of sp³-hybridized carbons (Fsp3) is 0.643. The zero-order chi connectivity index (χ0) is 11.1. The third kappa shape index (κ3) is 3.65. The summed E-state index contributed by atoms with van der Waals surface area (Å²) in [6.07, 6.45) is 8.26. The van der Waals surface area contributed by atoms with Crippen LogP contribution in [0.3, 0.4) is 0 Å². The minimum atomic E-state index is 0.711. The maximum Gasteiger partial charge on any atom is 0.0401 e. The highest BCUT2D eigenvalue weighted by Crippen LogP contribution is 2.24. The predicted molar refractivity (Wildman–Crippen MR) is 66.2 cm³/mol. The fourth-order valence-electron chi connectivity index (χ4n) is 1.94. The first-order valence-electron chi connectivity index (χ1n) is 6.26. The van der Waals surface area contributed by atoms with Crippen LogP contribution >= 0.6 is 0 Å². The third-order valence-electron chi connectivity index (χ3n) is 3.08. The smallest absolute Gasteiger partial charge is 0.0401 e. The summed E-state index contributed by atoms with van der Waals surface area (Å²) in [5, 5.41) is 0.